The van der Waals surface area contributed by atoms with E-state index >= 15 is 0 Å². The van der Waals surface area contributed by atoms with E-state index in [0.717, 1.165) is 50.6 Å². The summed E-state index contributed by atoms with van der Waals surface area (Å²) in [6.07, 6.45) is 1.25. The molecule has 1 aromatic rings. The highest BCUT2D eigenvalue weighted by Crippen LogP contribution is 2.13. The summed E-state index contributed by atoms with van der Waals surface area (Å²) < 4.78 is 10.5. The number of aryl methyl sites for hydroxylation is 1. The zero-order valence-corrected chi connectivity index (χ0v) is 12.6. The van der Waals surface area contributed by atoms with Gasteiger partial charge >= 0.3 is 0 Å². The Labute approximate surface area is 126 Å². The van der Waals surface area contributed by atoms with E-state index in [-0.39, 0.29) is 5.91 Å². The summed E-state index contributed by atoms with van der Waals surface area (Å²) in [5.74, 6) is 0.936. The Morgan fingerprint density at radius 3 is 2.95 bits per heavy atom. The monoisotopic (exact) mass is 292 g/mol. The number of nitrogens with one attached hydrogen (secondary N) is 1. The number of ether oxygens (including phenoxy) is 2. The third-order valence-corrected chi connectivity index (χ3v) is 3.63. The van der Waals surface area contributed by atoms with Crippen LogP contribution in [0.4, 0.5) is 0 Å². The number of hydrogen-bond donors (Lipinski definition) is 1. The lowest BCUT2D eigenvalue weighted by Gasteiger charge is -2.26. The molecule has 0 radical (unpaired) electrons. The molecule has 0 spiro atoms. The highest BCUT2D eigenvalue weighted by Gasteiger charge is 2.10. The highest BCUT2D eigenvalue weighted by atomic mass is 16.5. The van der Waals surface area contributed by atoms with E-state index < -0.39 is 0 Å². The normalized spacial score (nSPS) is 15.7. The first-order chi connectivity index (χ1) is 10.3. The Balaban J connectivity index is 1.62. The number of amides is 1. The Kier molecular flexibility index (Phi) is 6.50. The fourth-order valence-corrected chi connectivity index (χ4v) is 2.35. The largest absolute Gasteiger partial charge is 0.497 e. The van der Waals surface area contributed by atoms with Crippen molar-refractivity contribution in [2.45, 2.75) is 12.8 Å². The Morgan fingerprint density at radius 1 is 1.38 bits per heavy atom. The van der Waals surface area contributed by atoms with Gasteiger partial charge in [0, 0.05) is 32.6 Å². The van der Waals surface area contributed by atoms with E-state index in [1.54, 1.807) is 7.11 Å². The Morgan fingerprint density at radius 2 is 2.19 bits per heavy atom. The SMILES string of the molecule is COc1cccc(CCC(=O)NCCN2CCOCC2)c1. The molecule has 0 unspecified atom stereocenters. The van der Waals surface area contributed by atoms with Gasteiger partial charge in [0.05, 0.1) is 20.3 Å². The smallest absolute Gasteiger partial charge is 0.220 e. The van der Waals surface area contributed by atoms with Gasteiger partial charge in [0.2, 0.25) is 5.91 Å². The van der Waals surface area contributed by atoms with Gasteiger partial charge in [-0.05, 0) is 24.1 Å². The Hall–Kier alpha value is -1.59. The van der Waals surface area contributed by atoms with E-state index in [1.165, 1.54) is 0 Å². The first-order valence-electron chi connectivity index (χ1n) is 7.47. The van der Waals surface area contributed by atoms with Crippen molar-refractivity contribution in [2.24, 2.45) is 0 Å². The van der Waals surface area contributed by atoms with Crippen molar-refractivity contribution in [1.82, 2.24) is 10.2 Å². The summed E-state index contributed by atoms with van der Waals surface area (Å²) in [6, 6.07) is 7.85. The number of methoxy groups -OCH3 is 1. The Bertz CT molecular complexity index is 445. The second kappa shape index (κ2) is 8.64. The zero-order chi connectivity index (χ0) is 14.9. The molecule has 1 saturated heterocycles. The van der Waals surface area contributed by atoms with Crippen molar-refractivity contribution in [3.05, 3.63) is 29.8 Å². The average Bonchev–Trinajstić information content (AvgIpc) is 2.54. The predicted octanol–water partition coefficient (Wildman–Crippen LogP) is 1.08. The third kappa shape index (κ3) is 5.73. The van der Waals surface area contributed by atoms with Crippen LogP contribution in [0.3, 0.4) is 0 Å². The van der Waals surface area contributed by atoms with Crippen LogP contribution >= 0.6 is 0 Å². The summed E-state index contributed by atoms with van der Waals surface area (Å²) in [5, 5.41) is 2.98. The molecular formula is C16H24N2O3. The molecule has 1 aromatic carbocycles. The fourth-order valence-electron chi connectivity index (χ4n) is 2.35. The van der Waals surface area contributed by atoms with Crippen LogP contribution in [0.2, 0.25) is 0 Å². The van der Waals surface area contributed by atoms with Crippen molar-refractivity contribution >= 4 is 5.91 Å². The van der Waals surface area contributed by atoms with Crippen molar-refractivity contribution in [3.8, 4) is 5.75 Å². The van der Waals surface area contributed by atoms with Crippen LogP contribution < -0.4 is 10.1 Å². The molecule has 21 heavy (non-hydrogen) atoms. The minimum Gasteiger partial charge on any atom is -0.497 e. The molecule has 5 nitrogen and oxygen atoms in total. The predicted molar refractivity (Wildman–Crippen MR) is 81.6 cm³/mol. The van der Waals surface area contributed by atoms with Crippen LogP contribution in [0.5, 0.6) is 5.75 Å². The van der Waals surface area contributed by atoms with Crippen molar-refractivity contribution in [2.75, 3.05) is 46.5 Å². The molecule has 1 N–H and O–H groups in total. The minimum absolute atomic E-state index is 0.103. The van der Waals surface area contributed by atoms with Crippen LogP contribution in [-0.4, -0.2) is 57.3 Å². The van der Waals surface area contributed by atoms with Crippen molar-refractivity contribution in [3.63, 3.8) is 0 Å². The summed E-state index contributed by atoms with van der Waals surface area (Å²) in [4.78, 5) is 14.1. The summed E-state index contributed by atoms with van der Waals surface area (Å²) in [7, 11) is 1.65. The summed E-state index contributed by atoms with van der Waals surface area (Å²) in [5.41, 5.74) is 1.12. The van der Waals surface area contributed by atoms with Crippen LogP contribution in [0, 0.1) is 0 Å². The second-order valence-corrected chi connectivity index (χ2v) is 5.16. The van der Waals surface area contributed by atoms with Gasteiger partial charge in [-0.15, -0.1) is 0 Å². The molecular weight excluding hydrogens is 268 g/mol. The molecule has 1 fully saturated rings. The molecule has 0 atom stereocenters. The topological polar surface area (TPSA) is 50.8 Å². The van der Waals surface area contributed by atoms with Crippen molar-refractivity contribution < 1.29 is 14.3 Å². The van der Waals surface area contributed by atoms with Gasteiger partial charge in [-0.3, -0.25) is 9.69 Å². The molecule has 0 aliphatic carbocycles. The molecule has 1 aliphatic heterocycles. The van der Waals surface area contributed by atoms with Crippen molar-refractivity contribution in [1.29, 1.82) is 0 Å². The lowest BCUT2D eigenvalue weighted by atomic mass is 10.1. The summed E-state index contributed by atoms with van der Waals surface area (Å²) in [6.45, 7) is 5.11. The van der Waals surface area contributed by atoms with E-state index in [0.29, 0.717) is 13.0 Å². The van der Waals surface area contributed by atoms with Gasteiger partial charge in [0.25, 0.3) is 0 Å². The van der Waals surface area contributed by atoms with Crippen LogP contribution in [-0.2, 0) is 16.0 Å². The van der Waals surface area contributed by atoms with Gasteiger partial charge < -0.3 is 14.8 Å². The van der Waals surface area contributed by atoms with Crippen LogP contribution in [0.15, 0.2) is 24.3 Å². The maximum absolute atomic E-state index is 11.8. The quantitative estimate of drug-likeness (QED) is 0.817. The first kappa shape index (κ1) is 15.8. The number of benzene rings is 1. The van der Waals surface area contributed by atoms with Gasteiger partial charge in [-0.1, -0.05) is 12.1 Å². The molecule has 2 rings (SSSR count). The number of carbonyl (C=O) groups is 1. The lowest BCUT2D eigenvalue weighted by Crippen LogP contribution is -2.41. The summed E-state index contributed by atoms with van der Waals surface area (Å²) >= 11 is 0. The zero-order valence-electron chi connectivity index (χ0n) is 12.6. The maximum atomic E-state index is 11.8. The van der Waals surface area contributed by atoms with Gasteiger partial charge in [-0.2, -0.15) is 0 Å². The number of carbonyl (C=O) groups excluding carboxylic acids is 1. The number of nitrogens with zero attached hydrogens (tertiary/aromatic N) is 1. The molecule has 0 bridgehead atoms. The standard InChI is InChI=1S/C16H24N2O3/c1-20-15-4-2-3-14(13-15)5-6-16(19)17-7-8-18-9-11-21-12-10-18/h2-4,13H,5-12H2,1H3,(H,17,19). The van der Waals surface area contributed by atoms with Crippen LogP contribution in [0.25, 0.3) is 0 Å². The van der Waals surface area contributed by atoms with E-state index in [1.807, 2.05) is 24.3 Å². The molecule has 116 valence electrons. The number of rotatable bonds is 7. The number of morpholine rings is 1. The highest BCUT2D eigenvalue weighted by molar-refractivity contribution is 5.76. The minimum atomic E-state index is 0.103. The van der Waals surface area contributed by atoms with Gasteiger partial charge in [-0.25, -0.2) is 0 Å². The molecule has 1 aliphatic rings. The molecule has 0 aromatic heterocycles. The van der Waals surface area contributed by atoms with E-state index in [4.69, 9.17) is 9.47 Å². The second-order valence-electron chi connectivity index (χ2n) is 5.16. The molecule has 0 saturated carbocycles. The third-order valence-electron chi connectivity index (χ3n) is 3.63. The van der Waals surface area contributed by atoms with Gasteiger partial charge in [0.15, 0.2) is 0 Å². The lowest BCUT2D eigenvalue weighted by molar-refractivity contribution is -0.121. The van der Waals surface area contributed by atoms with E-state index in [2.05, 4.69) is 10.2 Å². The molecule has 1 amide bonds. The fraction of sp³-hybridized carbons (Fsp3) is 0.562. The van der Waals surface area contributed by atoms with E-state index in [9.17, 15) is 4.79 Å². The molecule has 1 heterocycles. The number of hydrogen-bond acceptors (Lipinski definition) is 4. The van der Waals surface area contributed by atoms with Crippen LogP contribution in [0.1, 0.15) is 12.0 Å². The average molecular weight is 292 g/mol. The van der Waals surface area contributed by atoms with Gasteiger partial charge in [0.1, 0.15) is 5.75 Å². The first-order valence-corrected chi connectivity index (χ1v) is 7.47. The molecule has 5 heteroatoms. The maximum Gasteiger partial charge on any atom is 0.220 e.